The fourth-order valence-corrected chi connectivity index (χ4v) is 6.08. The van der Waals surface area contributed by atoms with Crippen LogP contribution in [-0.4, -0.2) is 104 Å². The number of likely N-dealkylation sites (tertiary alicyclic amines) is 1. The van der Waals surface area contributed by atoms with E-state index in [0.29, 0.717) is 37.6 Å². The van der Waals surface area contributed by atoms with Crippen molar-refractivity contribution in [3.8, 4) is 5.75 Å². The SMILES string of the molecule is COc1c(C2CN(C(=O)CN3CCOCC3)CCC2C(F)(F)F)nn(C(=O)c2ccoc2C)c1N(C)Cc1ccc(C(=N)N)cc1. The van der Waals surface area contributed by atoms with E-state index >= 15 is 0 Å². The maximum Gasteiger partial charge on any atom is 0.392 e. The molecule has 12 nitrogen and oxygen atoms in total. The number of nitrogens with zero attached hydrogens (tertiary/aromatic N) is 5. The highest BCUT2D eigenvalue weighted by atomic mass is 19.4. The van der Waals surface area contributed by atoms with Gasteiger partial charge < -0.3 is 29.4 Å². The number of piperidine rings is 1. The number of hydrogen-bond acceptors (Lipinski definition) is 9. The number of nitrogens with two attached hydrogens (primary N) is 1. The number of aryl methyl sites for hydroxylation is 1. The molecular formula is C31H38F3N7O5. The first-order chi connectivity index (χ1) is 21.9. The van der Waals surface area contributed by atoms with Crippen LogP contribution < -0.4 is 15.4 Å². The number of alkyl halides is 3. The van der Waals surface area contributed by atoms with Crippen LogP contribution in [0.3, 0.4) is 0 Å². The summed E-state index contributed by atoms with van der Waals surface area (Å²) < 4.78 is 61.2. The molecule has 0 spiro atoms. The Labute approximate surface area is 264 Å². The van der Waals surface area contributed by atoms with Gasteiger partial charge in [0, 0.05) is 51.3 Å². The summed E-state index contributed by atoms with van der Waals surface area (Å²) in [5.41, 5.74) is 7.03. The number of ether oxygens (including phenoxy) is 2. The summed E-state index contributed by atoms with van der Waals surface area (Å²) in [6.45, 7) is 3.71. The predicted molar refractivity (Wildman–Crippen MR) is 162 cm³/mol. The number of benzene rings is 1. The fraction of sp³-hybridized carbons (Fsp3) is 0.484. The number of aromatic nitrogens is 2. The lowest BCUT2D eigenvalue weighted by Crippen LogP contribution is -2.50. The third-order valence-corrected chi connectivity index (χ3v) is 8.58. The Morgan fingerprint density at radius 3 is 2.43 bits per heavy atom. The molecule has 0 saturated carbocycles. The highest BCUT2D eigenvalue weighted by Gasteiger charge is 2.50. The second kappa shape index (κ2) is 13.5. The Morgan fingerprint density at radius 2 is 1.85 bits per heavy atom. The first-order valence-corrected chi connectivity index (χ1v) is 14.9. The van der Waals surface area contributed by atoms with Crippen LogP contribution >= 0.6 is 0 Å². The van der Waals surface area contributed by atoms with E-state index in [1.807, 2.05) is 4.90 Å². The molecule has 2 aromatic heterocycles. The Balaban J connectivity index is 1.55. The number of hydrogen-bond donors (Lipinski definition) is 2. The van der Waals surface area contributed by atoms with E-state index in [4.69, 9.17) is 25.0 Å². The molecule has 2 fully saturated rings. The molecule has 3 N–H and O–H groups in total. The average molecular weight is 646 g/mol. The standard InChI is InChI=1S/C31H38F3N7O5/c1-19-22(9-13-46-19)30(43)41-29(38(2)16-20-4-6-21(7-5-20)28(35)36)27(44-3)26(37-41)23-17-40(10-8-24(23)31(32,33)34)25(42)18-39-11-14-45-15-12-39/h4-7,9,13,23-24H,8,10-12,14-18H2,1-3H3,(H3,35,36). The number of carbonyl (C=O) groups is 2. The van der Waals surface area contributed by atoms with Crippen molar-refractivity contribution >= 4 is 23.5 Å². The molecule has 1 amide bonds. The number of nitrogen functional groups attached to an aromatic ring is 1. The Kier molecular flexibility index (Phi) is 9.72. The number of carbonyl (C=O) groups excluding carboxylic acids is 2. The molecule has 0 bridgehead atoms. The van der Waals surface area contributed by atoms with Gasteiger partial charge in [0.25, 0.3) is 5.91 Å². The van der Waals surface area contributed by atoms with Crippen molar-refractivity contribution < 1.29 is 36.7 Å². The van der Waals surface area contributed by atoms with Crippen LogP contribution in [-0.2, 0) is 16.1 Å². The molecule has 4 heterocycles. The highest BCUT2D eigenvalue weighted by Crippen LogP contribution is 2.47. The Hall–Kier alpha value is -4.37. The largest absolute Gasteiger partial charge is 0.491 e. The summed E-state index contributed by atoms with van der Waals surface area (Å²) in [6.07, 6.45) is -3.56. The molecule has 5 rings (SSSR count). The molecule has 2 aliphatic heterocycles. The first-order valence-electron chi connectivity index (χ1n) is 14.9. The van der Waals surface area contributed by atoms with Gasteiger partial charge in [-0.1, -0.05) is 24.3 Å². The van der Waals surface area contributed by atoms with E-state index in [0.717, 1.165) is 10.2 Å². The minimum Gasteiger partial charge on any atom is -0.491 e. The summed E-state index contributed by atoms with van der Waals surface area (Å²) in [4.78, 5) is 32.2. The van der Waals surface area contributed by atoms with E-state index in [2.05, 4.69) is 5.10 Å². The zero-order valence-corrected chi connectivity index (χ0v) is 26.0. The number of halogens is 3. The zero-order chi connectivity index (χ0) is 33.2. The van der Waals surface area contributed by atoms with Crippen LogP contribution in [0.15, 0.2) is 41.0 Å². The molecule has 2 aliphatic rings. The molecule has 2 atom stereocenters. The molecule has 248 valence electrons. The van der Waals surface area contributed by atoms with E-state index in [-0.39, 0.29) is 67.2 Å². The van der Waals surface area contributed by atoms with Gasteiger partial charge in [-0.2, -0.15) is 23.0 Å². The normalized spacial score (nSPS) is 19.2. The van der Waals surface area contributed by atoms with Crippen LogP contribution in [0.2, 0.25) is 0 Å². The average Bonchev–Trinajstić information content (AvgIpc) is 3.64. The minimum absolute atomic E-state index is 0.0130. The van der Waals surface area contributed by atoms with Gasteiger partial charge in [0.05, 0.1) is 44.6 Å². The molecule has 46 heavy (non-hydrogen) atoms. The van der Waals surface area contributed by atoms with Crippen LogP contribution in [0.25, 0.3) is 0 Å². The molecule has 1 aromatic carbocycles. The topological polar surface area (TPSA) is 143 Å². The third kappa shape index (κ3) is 6.89. The lowest BCUT2D eigenvalue weighted by Gasteiger charge is -2.39. The van der Waals surface area contributed by atoms with Gasteiger partial charge >= 0.3 is 6.18 Å². The van der Waals surface area contributed by atoms with Gasteiger partial charge in [-0.25, -0.2) is 0 Å². The van der Waals surface area contributed by atoms with Crippen molar-refractivity contribution in [3.05, 3.63) is 64.7 Å². The molecule has 0 radical (unpaired) electrons. The second-order valence-corrected chi connectivity index (χ2v) is 11.6. The minimum atomic E-state index is -4.59. The van der Waals surface area contributed by atoms with Crippen molar-refractivity contribution in [1.82, 2.24) is 19.6 Å². The number of anilines is 1. The van der Waals surface area contributed by atoms with Crippen LogP contribution in [0.1, 0.15) is 45.3 Å². The highest BCUT2D eigenvalue weighted by molar-refractivity contribution is 5.99. The lowest BCUT2D eigenvalue weighted by molar-refractivity contribution is -0.192. The monoisotopic (exact) mass is 645 g/mol. The zero-order valence-electron chi connectivity index (χ0n) is 26.0. The van der Waals surface area contributed by atoms with E-state index < -0.39 is 23.9 Å². The van der Waals surface area contributed by atoms with Gasteiger partial charge in [0.15, 0.2) is 11.6 Å². The summed E-state index contributed by atoms with van der Waals surface area (Å²) in [5.74, 6) is -3.60. The van der Waals surface area contributed by atoms with Crippen molar-refractivity contribution in [2.24, 2.45) is 11.7 Å². The van der Waals surface area contributed by atoms with Gasteiger partial charge in [-0.05, 0) is 25.0 Å². The fourth-order valence-electron chi connectivity index (χ4n) is 6.08. The molecular weight excluding hydrogens is 607 g/mol. The number of morpholine rings is 1. The molecule has 15 heteroatoms. The summed E-state index contributed by atoms with van der Waals surface area (Å²) in [7, 11) is 3.00. The maximum atomic E-state index is 14.6. The summed E-state index contributed by atoms with van der Waals surface area (Å²) >= 11 is 0. The van der Waals surface area contributed by atoms with Gasteiger partial charge in [0.2, 0.25) is 5.91 Å². The van der Waals surface area contributed by atoms with E-state index in [1.54, 1.807) is 43.1 Å². The predicted octanol–water partition coefficient (Wildman–Crippen LogP) is 3.23. The number of rotatable bonds is 9. The van der Waals surface area contributed by atoms with Crippen LogP contribution in [0, 0.1) is 18.3 Å². The van der Waals surface area contributed by atoms with E-state index in [9.17, 15) is 22.8 Å². The number of amides is 1. The van der Waals surface area contributed by atoms with Gasteiger partial charge in [0.1, 0.15) is 17.3 Å². The van der Waals surface area contributed by atoms with Crippen molar-refractivity contribution in [2.45, 2.75) is 32.0 Å². The van der Waals surface area contributed by atoms with Crippen molar-refractivity contribution in [3.63, 3.8) is 0 Å². The number of nitrogens with one attached hydrogen (secondary N) is 1. The molecule has 0 aliphatic carbocycles. The molecule has 3 aromatic rings. The van der Waals surface area contributed by atoms with Crippen LogP contribution in [0.5, 0.6) is 5.75 Å². The summed E-state index contributed by atoms with van der Waals surface area (Å²) in [6, 6.07) is 8.37. The number of methoxy groups -OCH3 is 1. The molecule has 2 unspecified atom stereocenters. The first kappa shape index (κ1) is 33.0. The van der Waals surface area contributed by atoms with E-state index in [1.165, 1.54) is 24.3 Å². The lowest BCUT2D eigenvalue weighted by atomic mass is 9.82. The van der Waals surface area contributed by atoms with Crippen molar-refractivity contribution in [1.29, 1.82) is 5.41 Å². The number of amidine groups is 1. The Bertz CT molecular complexity index is 1560. The third-order valence-electron chi connectivity index (χ3n) is 8.58. The van der Waals surface area contributed by atoms with Gasteiger partial charge in [-0.15, -0.1) is 0 Å². The maximum absolute atomic E-state index is 14.6. The summed E-state index contributed by atoms with van der Waals surface area (Å²) in [5, 5.41) is 12.2. The van der Waals surface area contributed by atoms with Crippen molar-refractivity contribution in [2.75, 3.05) is 65.0 Å². The number of furan rings is 1. The Morgan fingerprint density at radius 1 is 1.15 bits per heavy atom. The quantitative estimate of drug-likeness (QED) is 0.265. The smallest absolute Gasteiger partial charge is 0.392 e. The second-order valence-electron chi connectivity index (χ2n) is 11.6. The van der Waals surface area contributed by atoms with Crippen LogP contribution in [0.4, 0.5) is 19.0 Å². The molecule has 2 saturated heterocycles. The van der Waals surface area contributed by atoms with Gasteiger partial charge in [-0.3, -0.25) is 19.9 Å².